The Bertz CT molecular complexity index is 424. The summed E-state index contributed by atoms with van der Waals surface area (Å²) in [4.78, 5) is 24.2. The summed E-state index contributed by atoms with van der Waals surface area (Å²) in [6.07, 6.45) is 9.16. The second kappa shape index (κ2) is 14.6. The highest BCUT2D eigenvalue weighted by Crippen LogP contribution is 2.39. The third-order valence-electron chi connectivity index (χ3n) is 4.77. The fraction of sp³-hybridized carbons (Fsp3) is 0.905. The van der Waals surface area contributed by atoms with Crippen molar-refractivity contribution < 1.29 is 9.59 Å². The van der Waals surface area contributed by atoms with Gasteiger partial charge in [0.05, 0.1) is 0 Å². The van der Waals surface area contributed by atoms with E-state index in [1.807, 2.05) is 35.4 Å². The van der Waals surface area contributed by atoms with E-state index in [4.69, 9.17) is 0 Å². The highest BCUT2D eigenvalue weighted by atomic mass is 33.1. The lowest BCUT2D eigenvalue weighted by Gasteiger charge is -2.20. The highest BCUT2D eigenvalue weighted by molar-refractivity contribution is 8.77. The Morgan fingerprint density at radius 1 is 1.07 bits per heavy atom. The van der Waals surface area contributed by atoms with Gasteiger partial charge in [-0.3, -0.25) is 9.59 Å². The summed E-state index contributed by atoms with van der Waals surface area (Å²) in [7, 11) is 4.00. The molecule has 1 unspecified atom stereocenters. The van der Waals surface area contributed by atoms with Gasteiger partial charge in [0.2, 0.25) is 11.8 Å². The zero-order chi connectivity index (χ0) is 20.1. The van der Waals surface area contributed by atoms with Crippen LogP contribution in [0.2, 0.25) is 0 Å². The number of carbonyl (C=O) groups is 2. The number of unbranched alkanes of at least 4 members (excludes halogenated alkanes) is 2. The van der Waals surface area contributed by atoms with Crippen LogP contribution >= 0.6 is 21.6 Å². The maximum Gasteiger partial charge on any atom is 0.223 e. The van der Waals surface area contributed by atoms with E-state index in [-0.39, 0.29) is 23.8 Å². The maximum atomic E-state index is 12.3. The fourth-order valence-corrected chi connectivity index (χ4v) is 6.41. The van der Waals surface area contributed by atoms with E-state index in [2.05, 4.69) is 24.5 Å². The van der Waals surface area contributed by atoms with Crippen molar-refractivity contribution in [1.82, 2.24) is 10.6 Å². The predicted molar refractivity (Wildman–Crippen MR) is 120 cm³/mol. The molecule has 2 N–H and O–H groups in total. The van der Waals surface area contributed by atoms with Gasteiger partial charge in [0.25, 0.3) is 0 Å². The second-order valence-electron chi connectivity index (χ2n) is 8.41. The fourth-order valence-electron chi connectivity index (χ4n) is 3.38. The molecule has 158 valence electrons. The molecule has 0 aromatic carbocycles. The average molecular weight is 417 g/mol. The first-order valence-corrected chi connectivity index (χ1v) is 13.1. The van der Waals surface area contributed by atoms with Gasteiger partial charge in [0.15, 0.2) is 0 Å². The monoisotopic (exact) mass is 416 g/mol. The summed E-state index contributed by atoms with van der Waals surface area (Å²) in [5.74, 6) is 2.26. The topological polar surface area (TPSA) is 58.2 Å². The van der Waals surface area contributed by atoms with E-state index in [9.17, 15) is 9.59 Å². The third kappa shape index (κ3) is 12.7. The van der Waals surface area contributed by atoms with Crippen LogP contribution in [0.1, 0.15) is 85.5 Å². The van der Waals surface area contributed by atoms with Gasteiger partial charge in [-0.1, -0.05) is 48.3 Å². The van der Waals surface area contributed by atoms with Crippen molar-refractivity contribution in [3.63, 3.8) is 0 Å². The van der Waals surface area contributed by atoms with Crippen LogP contribution in [0.3, 0.4) is 0 Å². The normalized spacial score (nSPS) is 18.1. The predicted octanol–water partition coefficient (Wildman–Crippen LogP) is 5.17. The molecule has 1 rings (SSSR count). The van der Waals surface area contributed by atoms with Gasteiger partial charge >= 0.3 is 0 Å². The molecule has 1 aliphatic rings. The molecule has 27 heavy (non-hydrogen) atoms. The molecule has 0 aromatic rings. The van der Waals surface area contributed by atoms with E-state index >= 15 is 0 Å². The minimum absolute atomic E-state index is 0.0923. The van der Waals surface area contributed by atoms with E-state index in [0.717, 1.165) is 50.3 Å². The molecule has 0 bridgehead atoms. The van der Waals surface area contributed by atoms with Crippen LogP contribution in [-0.4, -0.2) is 35.4 Å². The number of nitrogens with one attached hydrogen (secondary N) is 2. The van der Waals surface area contributed by atoms with Crippen molar-refractivity contribution in [3.05, 3.63) is 0 Å². The van der Waals surface area contributed by atoms with Crippen molar-refractivity contribution in [2.45, 2.75) is 96.8 Å². The van der Waals surface area contributed by atoms with Crippen molar-refractivity contribution >= 4 is 33.4 Å². The van der Waals surface area contributed by atoms with Crippen LogP contribution in [0.25, 0.3) is 0 Å². The van der Waals surface area contributed by atoms with Gasteiger partial charge in [-0.15, -0.1) is 0 Å². The van der Waals surface area contributed by atoms with Crippen LogP contribution in [0.5, 0.6) is 0 Å². The summed E-state index contributed by atoms with van der Waals surface area (Å²) in [5, 5.41) is 6.89. The first-order valence-electron chi connectivity index (χ1n) is 10.7. The molecule has 1 heterocycles. The van der Waals surface area contributed by atoms with Gasteiger partial charge in [-0.2, -0.15) is 0 Å². The summed E-state index contributed by atoms with van der Waals surface area (Å²) in [6, 6.07) is 0.192. The highest BCUT2D eigenvalue weighted by Gasteiger charge is 2.20. The van der Waals surface area contributed by atoms with Gasteiger partial charge in [0.1, 0.15) is 0 Å². The van der Waals surface area contributed by atoms with E-state index in [0.29, 0.717) is 12.3 Å². The molecule has 0 spiro atoms. The molecule has 0 saturated carbocycles. The number of carbonyl (C=O) groups excluding carboxylic acids is 2. The van der Waals surface area contributed by atoms with Crippen molar-refractivity contribution in [1.29, 1.82) is 0 Å². The van der Waals surface area contributed by atoms with Crippen LogP contribution in [-0.2, 0) is 9.59 Å². The zero-order valence-electron chi connectivity index (χ0n) is 17.7. The molecule has 0 aromatic heterocycles. The summed E-state index contributed by atoms with van der Waals surface area (Å²) in [6.45, 7) is 9.07. The molecule has 1 saturated heterocycles. The Kier molecular flexibility index (Phi) is 13.4. The summed E-state index contributed by atoms with van der Waals surface area (Å²) in [5.41, 5.74) is 0. The number of amides is 2. The first kappa shape index (κ1) is 24.7. The molecular formula is C21H40N2O2S2. The SMILES string of the molecule is CC(C)C[C@@H](CCCCNC(=O)CCCCC1CCSS1)C(=O)NC(C)C. The van der Waals surface area contributed by atoms with Gasteiger partial charge in [-0.05, 0) is 58.3 Å². The van der Waals surface area contributed by atoms with Crippen molar-refractivity contribution in [2.24, 2.45) is 11.8 Å². The van der Waals surface area contributed by atoms with E-state index < -0.39 is 0 Å². The molecule has 1 aliphatic heterocycles. The van der Waals surface area contributed by atoms with Crippen molar-refractivity contribution in [3.8, 4) is 0 Å². The Balaban J connectivity index is 2.08. The van der Waals surface area contributed by atoms with Crippen LogP contribution in [0.4, 0.5) is 0 Å². The molecule has 1 fully saturated rings. The Labute approximate surface area is 174 Å². The van der Waals surface area contributed by atoms with Crippen LogP contribution in [0.15, 0.2) is 0 Å². The minimum atomic E-state index is 0.0923. The quantitative estimate of drug-likeness (QED) is 0.303. The number of hydrogen-bond donors (Lipinski definition) is 2. The summed E-state index contributed by atoms with van der Waals surface area (Å²) < 4.78 is 0. The Morgan fingerprint density at radius 2 is 1.85 bits per heavy atom. The lowest BCUT2D eigenvalue weighted by atomic mass is 9.91. The zero-order valence-corrected chi connectivity index (χ0v) is 19.4. The molecule has 4 nitrogen and oxygen atoms in total. The smallest absolute Gasteiger partial charge is 0.223 e. The van der Waals surface area contributed by atoms with Gasteiger partial charge in [0, 0.05) is 35.9 Å². The van der Waals surface area contributed by atoms with Gasteiger partial charge in [-0.25, -0.2) is 0 Å². The number of rotatable bonds is 14. The third-order valence-corrected chi connectivity index (χ3v) is 7.77. The van der Waals surface area contributed by atoms with Crippen molar-refractivity contribution in [2.75, 3.05) is 12.3 Å². The molecular weight excluding hydrogens is 376 g/mol. The van der Waals surface area contributed by atoms with Gasteiger partial charge < -0.3 is 10.6 Å². The molecule has 0 radical (unpaired) electrons. The Morgan fingerprint density at radius 3 is 2.48 bits per heavy atom. The summed E-state index contributed by atoms with van der Waals surface area (Å²) >= 11 is 0. The maximum absolute atomic E-state index is 12.3. The van der Waals surface area contributed by atoms with E-state index in [1.165, 1.54) is 18.6 Å². The first-order chi connectivity index (χ1) is 12.9. The number of hydrogen-bond acceptors (Lipinski definition) is 4. The van der Waals surface area contributed by atoms with Crippen LogP contribution in [0, 0.1) is 11.8 Å². The molecule has 2 atom stereocenters. The lowest BCUT2D eigenvalue weighted by molar-refractivity contribution is -0.126. The second-order valence-corrected chi connectivity index (χ2v) is 11.2. The minimum Gasteiger partial charge on any atom is -0.356 e. The lowest BCUT2D eigenvalue weighted by Crippen LogP contribution is -2.36. The largest absolute Gasteiger partial charge is 0.356 e. The Hall–Kier alpha value is -0.360. The molecule has 6 heteroatoms. The average Bonchev–Trinajstić information content (AvgIpc) is 3.09. The molecule has 0 aliphatic carbocycles. The standard InChI is InChI=1S/C21H40N2O2S2/c1-16(2)15-18(21(25)23-17(3)4)9-7-8-13-22-20(24)11-6-5-10-19-12-14-26-27-19/h16-19H,5-15H2,1-4H3,(H,22,24)(H,23,25)/t18-,19?/m1/s1. The molecule has 2 amide bonds. The van der Waals surface area contributed by atoms with Crippen LogP contribution < -0.4 is 10.6 Å². The van der Waals surface area contributed by atoms with E-state index in [1.54, 1.807) is 0 Å².